The standard InChI is InChI=1S/C16H20ClN5O2/c1-11(2)9-20-10-18-19-16(20)15-4-3-7-21(15)14-6-5-12(22(23)24)8-13(14)17/h5-6,8,10-11,15H,3-4,7,9H2,1-2H3. The second-order valence-corrected chi connectivity index (χ2v) is 6.89. The van der Waals surface area contributed by atoms with Gasteiger partial charge in [0.15, 0.2) is 5.82 Å². The summed E-state index contributed by atoms with van der Waals surface area (Å²) >= 11 is 6.32. The summed E-state index contributed by atoms with van der Waals surface area (Å²) < 4.78 is 2.09. The number of aromatic nitrogens is 3. The molecule has 1 atom stereocenters. The Morgan fingerprint density at radius 1 is 1.46 bits per heavy atom. The average molecular weight is 350 g/mol. The Morgan fingerprint density at radius 2 is 2.25 bits per heavy atom. The number of halogens is 1. The predicted molar refractivity (Wildman–Crippen MR) is 92.3 cm³/mol. The zero-order valence-electron chi connectivity index (χ0n) is 13.7. The van der Waals surface area contributed by atoms with E-state index >= 15 is 0 Å². The molecule has 8 heteroatoms. The van der Waals surface area contributed by atoms with Crippen LogP contribution in [0.15, 0.2) is 24.5 Å². The lowest BCUT2D eigenvalue weighted by atomic mass is 10.1. The molecule has 0 N–H and O–H groups in total. The van der Waals surface area contributed by atoms with Gasteiger partial charge in [0.1, 0.15) is 6.33 Å². The first-order chi connectivity index (χ1) is 11.5. The van der Waals surface area contributed by atoms with E-state index in [2.05, 4.69) is 33.5 Å². The number of benzene rings is 1. The van der Waals surface area contributed by atoms with Crippen LogP contribution in [0.5, 0.6) is 0 Å². The van der Waals surface area contributed by atoms with Gasteiger partial charge in [-0.25, -0.2) is 0 Å². The normalized spacial score (nSPS) is 17.7. The third-order valence-corrected chi connectivity index (χ3v) is 4.51. The zero-order valence-corrected chi connectivity index (χ0v) is 14.5. The van der Waals surface area contributed by atoms with Crippen molar-refractivity contribution in [1.29, 1.82) is 0 Å². The highest BCUT2D eigenvalue weighted by Gasteiger charge is 2.31. The molecule has 0 saturated carbocycles. The summed E-state index contributed by atoms with van der Waals surface area (Å²) in [6, 6.07) is 4.72. The number of hydrogen-bond donors (Lipinski definition) is 0. The van der Waals surface area contributed by atoms with E-state index in [4.69, 9.17) is 11.6 Å². The van der Waals surface area contributed by atoms with E-state index in [1.807, 2.05) is 0 Å². The van der Waals surface area contributed by atoms with Crippen molar-refractivity contribution in [2.24, 2.45) is 5.92 Å². The Labute approximate surface area is 145 Å². The predicted octanol–water partition coefficient (Wildman–Crippen LogP) is 3.84. The number of rotatable bonds is 5. The second kappa shape index (κ2) is 6.76. The van der Waals surface area contributed by atoms with Gasteiger partial charge in [-0.05, 0) is 24.8 Å². The summed E-state index contributed by atoms with van der Waals surface area (Å²) in [6.45, 7) is 6.02. The van der Waals surface area contributed by atoms with Gasteiger partial charge in [-0.2, -0.15) is 0 Å². The minimum atomic E-state index is -0.434. The van der Waals surface area contributed by atoms with Gasteiger partial charge in [0.05, 0.1) is 21.7 Å². The summed E-state index contributed by atoms with van der Waals surface area (Å²) in [5.74, 6) is 1.42. The molecule has 0 radical (unpaired) electrons. The van der Waals surface area contributed by atoms with Crippen molar-refractivity contribution in [2.75, 3.05) is 11.4 Å². The van der Waals surface area contributed by atoms with E-state index in [-0.39, 0.29) is 11.7 Å². The van der Waals surface area contributed by atoms with Crippen LogP contribution >= 0.6 is 11.6 Å². The monoisotopic (exact) mass is 349 g/mol. The van der Waals surface area contributed by atoms with Crippen molar-refractivity contribution in [1.82, 2.24) is 14.8 Å². The van der Waals surface area contributed by atoms with E-state index in [0.717, 1.165) is 37.4 Å². The van der Waals surface area contributed by atoms with E-state index in [0.29, 0.717) is 10.9 Å². The molecule has 24 heavy (non-hydrogen) atoms. The second-order valence-electron chi connectivity index (χ2n) is 6.48. The fraction of sp³-hybridized carbons (Fsp3) is 0.500. The van der Waals surface area contributed by atoms with Gasteiger partial charge in [-0.3, -0.25) is 10.1 Å². The Kier molecular flexibility index (Phi) is 4.71. The lowest BCUT2D eigenvalue weighted by molar-refractivity contribution is -0.384. The summed E-state index contributed by atoms with van der Waals surface area (Å²) in [7, 11) is 0. The molecule has 3 rings (SSSR count). The van der Waals surface area contributed by atoms with Crippen LogP contribution in [0.3, 0.4) is 0 Å². The molecule has 0 bridgehead atoms. The van der Waals surface area contributed by atoms with Crippen LogP contribution in [0.2, 0.25) is 5.02 Å². The number of nitrogens with zero attached hydrogens (tertiary/aromatic N) is 5. The first-order valence-corrected chi connectivity index (χ1v) is 8.43. The maximum atomic E-state index is 10.9. The first kappa shape index (κ1) is 16.7. The molecule has 1 aromatic carbocycles. The largest absolute Gasteiger partial charge is 0.360 e. The summed E-state index contributed by atoms with van der Waals surface area (Å²) in [5, 5.41) is 19.7. The Morgan fingerprint density at radius 3 is 2.92 bits per heavy atom. The highest BCUT2D eigenvalue weighted by molar-refractivity contribution is 6.33. The smallest absolute Gasteiger partial charge is 0.271 e. The molecular weight excluding hydrogens is 330 g/mol. The molecule has 1 aromatic heterocycles. The summed E-state index contributed by atoms with van der Waals surface area (Å²) in [4.78, 5) is 12.6. The number of anilines is 1. The van der Waals surface area contributed by atoms with E-state index in [9.17, 15) is 10.1 Å². The fourth-order valence-corrected chi connectivity index (χ4v) is 3.51. The van der Waals surface area contributed by atoms with Gasteiger partial charge in [-0.15, -0.1) is 10.2 Å². The molecule has 7 nitrogen and oxygen atoms in total. The van der Waals surface area contributed by atoms with Gasteiger partial charge >= 0.3 is 0 Å². The molecule has 1 aliphatic rings. The minimum absolute atomic E-state index is 0.00229. The minimum Gasteiger partial charge on any atom is -0.360 e. The topological polar surface area (TPSA) is 77.1 Å². The van der Waals surface area contributed by atoms with Gasteiger partial charge in [-0.1, -0.05) is 25.4 Å². The number of nitro groups is 1. The van der Waals surface area contributed by atoms with E-state index in [1.54, 1.807) is 12.4 Å². The van der Waals surface area contributed by atoms with Crippen molar-refractivity contribution in [2.45, 2.75) is 39.3 Å². The molecule has 0 aliphatic carbocycles. The highest BCUT2D eigenvalue weighted by atomic mass is 35.5. The molecule has 1 fully saturated rings. The van der Waals surface area contributed by atoms with Crippen LogP contribution in [0.25, 0.3) is 0 Å². The molecule has 1 aliphatic heterocycles. The highest BCUT2D eigenvalue weighted by Crippen LogP contribution is 2.39. The molecule has 1 saturated heterocycles. The maximum absolute atomic E-state index is 10.9. The van der Waals surface area contributed by atoms with Crippen molar-refractivity contribution >= 4 is 23.0 Å². The number of non-ortho nitro benzene ring substituents is 1. The van der Waals surface area contributed by atoms with Crippen LogP contribution in [0.1, 0.15) is 38.6 Å². The Balaban J connectivity index is 1.92. The number of hydrogen-bond acceptors (Lipinski definition) is 5. The fourth-order valence-electron chi connectivity index (χ4n) is 3.22. The van der Waals surface area contributed by atoms with Crippen molar-refractivity contribution in [3.8, 4) is 0 Å². The third kappa shape index (κ3) is 3.21. The maximum Gasteiger partial charge on any atom is 0.271 e. The first-order valence-electron chi connectivity index (χ1n) is 8.05. The van der Waals surface area contributed by atoms with Crippen molar-refractivity contribution in [3.63, 3.8) is 0 Å². The molecular formula is C16H20ClN5O2. The molecule has 2 heterocycles. The molecule has 128 valence electrons. The number of nitro benzene ring substituents is 1. The third-order valence-electron chi connectivity index (χ3n) is 4.21. The molecule has 2 aromatic rings. The van der Waals surface area contributed by atoms with Crippen LogP contribution in [-0.4, -0.2) is 26.2 Å². The quantitative estimate of drug-likeness (QED) is 0.605. The van der Waals surface area contributed by atoms with Crippen molar-refractivity contribution in [3.05, 3.63) is 45.5 Å². The lowest BCUT2D eigenvalue weighted by Crippen LogP contribution is -2.26. The molecule has 0 amide bonds. The van der Waals surface area contributed by atoms with Gasteiger partial charge in [0, 0.05) is 25.2 Å². The Bertz CT molecular complexity index is 746. The molecule has 1 unspecified atom stereocenters. The summed E-state index contributed by atoms with van der Waals surface area (Å²) in [5.41, 5.74) is 0.811. The lowest BCUT2D eigenvalue weighted by Gasteiger charge is -2.27. The van der Waals surface area contributed by atoms with E-state index < -0.39 is 4.92 Å². The van der Waals surface area contributed by atoms with Gasteiger partial charge < -0.3 is 9.47 Å². The Hall–Kier alpha value is -2.15. The zero-order chi connectivity index (χ0) is 17.3. The van der Waals surface area contributed by atoms with Crippen molar-refractivity contribution < 1.29 is 4.92 Å². The van der Waals surface area contributed by atoms with Crippen LogP contribution in [0, 0.1) is 16.0 Å². The van der Waals surface area contributed by atoms with Crippen LogP contribution in [-0.2, 0) is 6.54 Å². The van der Waals surface area contributed by atoms with Gasteiger partial charge in [0.25, 0.3) is 5.69 Å². The average Bonchev–Trinajstić information content (AvgIpc) is 3.15. The SMILES string of the molecule is CC(C)Cn1cnnc1C1CCCN1c1ccc([N+](=O)[O-])cc1Cl. The van der Waals surface area contributed by atoms with E-state index in [1.165, 1.54) is 12.1 Å². The molecule has 0 spiro atoms. The van der Waals surface area contributed by atoms with Crippen LogP contribution < -0.4 is 4.90 Å². The van der Waals surface area contributed by atoms with Crippen LogP contribution in [0.4, 0.5) is 11.4 Å². The summed E-state index contributed by atoms with van der Waals surface area (Å²) in [6.07, 6.45) is 3.75. The van der Waals surface area contributed by atoms with Gasteiger partial charge in [0.2, 0.25) is 0 Å².